The molecule has 2 aromatic rings. The van der Waals surface area contributed by atoms with E-state index >= 15 is 0 Å². The van der Waals surface area contributed by atoms with E-state index in [2.05, 4.69) is 42.7 Å². The molecule has 3 N–H and O–H groups in total. The minimum atomic E-state index is 0.113. The van der Waals surface area contributed by atoms with Crippen molar-refractivity contribution in [2.24, 2.45) is 5.84 Å². The highest BCUT2D eigenvalue weighted by molar-refractivity contribution is 7.98. The van der Waals surface area contributed by atoms with Crippen molar-refractivity contribution in [3.8, 4) is 0 Å². The third kappa shape index (κ3) is 2.79. The van der Waals surface area contributed by atoms with E-state index in [9.17, 15) is 0 Å². The average Bonchev–Trinajstić information content (AvgIpc) is 2.91. The Hall–Kier alpha value is -0.810. The number of nitrogens with two attached hydrogens (primary N) is 1. The zero-order valence-corrected chi connectivity index (χ0v) is 13.3. The van der Waals surface area contributed by atoms with Gasteiger partial charge < -0.3 is 0 Å². The monoisotopic (exact) mass is 304 g/mol. The number of hydrazine groups is 1. The maximum atomic E-state index is 5.84. The van der Waals surface area contributed by atoms with Crippen molar-refractivity contribution in [2.45, 2.75) is 31.6 Å². The molecule has 1 aliphatic heterocycles. The second kappa shape index (κ2) is 6.31. The molecule has 0 saturated carbocycles. The molecule has 2 nitrogen and oxygen atoms in total. The number of thiophene rings is 1. The standard InChI is InChI=1S/C16H20N2S2/c1-2-11-4-3-5-12(8-11)16(18-17)15-9-13-10-19-7-6-14(13)20-15/h3-5,8-9,16,18H,2,6-7,10,17H2,1H3. The summed E-state index contributed by atoms with van der Waals surface area (Å²) in [4.78, 5) is 2.89. The summed E-state index contributed by atoms with van der Waals surface area (Å²) < 4.78 is 0. The van der Waals surface area contributed by atoms with Crippen molar-refractivity contribution >= 4 is 23.1 Å². The Kier molecular flexibility index (Phi) is 4.46. The summed E-state index contributed by atoms with van der Waals surface area (Å²) in [5.41, 5.74) is 7.13. The molecule has 1 aliphatic rings. The van der Waals surface area contributed by atoms with E-state index in [-0.39, 0.29) is 6.04 Å². The van der Waals surface area contributed by atoms with E-state index < -0.39 is 0 Å². The maximum absolute atomic E-state index is 5.84. The number of aryl methyl sites for hydroxylation is 2. The second-order valence-corrected chi connectivity index (χ2v) is 7.37. The summed E-state index contributed by atoms with van der Waals surface area (Å²) in [6.07, 6.45) is 2.26. The predicted octanol–water partition coefficient (Wildman–Crippen LogP) is 3.65. The summed E-state index contributed by atoms with van der Waals surface area (Å²) >= 11 is 3.95. The topological polar surface area (TPSA) is 38.0 Å². The lowest BCUT2D eigenvalue weighted by Gasteiger charge is -2.15. The first-order valence-electron chi connectivity index (χ1n) is 7.06. The van der Waals surface area contributed by atoms with Crippen LogP contribution < -0.4 is 11.3 Å². The molecule has 0 spiro atoms. The molecule has 0 saturated heterocycles. The summed E-state index contributed by atoms with van der Waals surface area (Å²) in [6.45, 7) is 2.19. The molecule has 0 amide bonds. The minimum absolute atomic E-state index is 0.113. The molecular formula is C16H20N2S2. The van der Waals surface area contributed by atoms with Crippen LogP contribution in [0.4, 0.5) is 0 Å². The number of rotatable bonds is 4. The van der Waals surface area contributed by atoms with E-state index in [1.54, 1.807) is 4.88 Å². The van der Waals surface area contributed by atoms with Gasteiger partial charge in [-0.05, 0) is 41.4 Å². The Bertz CT molecular complexity index is 568. The molecule has 1 atom stereocenters. The highest BCUT2D eigenvalue weighted by Gasteiger charge is 2.20. The van der Waals surface area contributed by atoms with Gasteiger partial charge in [0.2, 0.25) is 0 Å². The van der Waals surface area contributed by atoms with E-state index in [4.69, 9.17) is 5.84 Å². The van der Waals surface area contributed by atoms with Crippen molar-refractivity contribution in [3.63, 3.8) is 0 Å². The zero-order chi connectivity index (χ0) is 13.9. The highest BCUT2D eigenvalue weighted by atomic mass is 32.2. The fraction of sp³-hybridized carbons (Fsp3) is 0.375. The number of nitrogens with one attached hydrogen (secondary N) is 1. The summed E-state index contributed by atoms with van der Waals surface area (Å²) in [7, 11) is 0. The molecule has 1 aromatic carbocycles. The van der Waals surface area contributed by atoms with Crippen LogP contribution in [0.2, 0.25) is 0 Å². The van der Waals surface area contributed by atoms with E-state index in [0.717, 1.165) is 12.2 Å². The first-order chi connectivity index (χ1) is 9.81. The third-order valence-electron chi connectivity index (χ3n) is 3.79. The van der Waals surface area contributed by atoms with Crippen LogP contribution in [-0.4, -0.2) is 5.75 Å². The van der Waals surface area contributed by atoms with Crippen molar-refractivity contribution in [2.75, 3.05) is 5.75 Å². The van der Waals surface area contributed by atoms with Crippen molar-refractivity contribution in [3.05, 3.63) is 56.8 Å². The Morgan fingerprint density at radius 3 is 3.00 bits per heavy atom. The third-order valence-corrected chi connectivity index (χ3v) is 6.10. The Labute approximate surface area is 128 Å². The molecule has 3 rings (SSSR count). The lowest BCUT2D eigenvalue weighted by Crippen LogP contribution is -2.28. The quantitative estimate of drug-likeness (QED) is 0.669. The molecule has 1 aromatic heterocycles. The molecule has 0 fully saturated rings. The molecule has 4 heteroatoms. The molecule has 106 valence electrons. The number of benzene rings is 1. The smallest absolute Gasteiger partial charge is 0.0802 e. The van der Waals surface area contributed by atoms with Crippen LogP contribution in [0.5, 0.6) is 0 Å². The van der Waals surface area contributed by atoms with E-state index in [0.29, 0.717) is 0 Å². The van der Waals surface area contributed by atoms with Crippen LogP contribution in [0.1, 0.15) is 39.4 Å². The van der Waals surface area contributed by atoms with Crippen molar-refractivity contribution in [1.29, 1.82) is 0 Å². The van der Waals surface area contributed by atoms with Crippen molar-refractivity contribution in [1.82, 2.24) is 5.43 Å². The Morgan fingerprint density at radius 2 is 2.25 bits per heavy atom. The molecule has 2 heterocycles. The first kappa shape index (κ1) is 14.1. The van der Waals surface area contributed by atoms with Gasteiger partial charge in [-0.25, -0.2) is 5.43 Å². The normalized spacial score (nSPS) is 15.9. The fourth-order valence-corrected chi connectivity index (χ4v) is 5.11. The summed E-state index contributed by atoms with van der Waals surface area (Å²) in [5.74, 6) is 8.24. The number of hydrogen-bond acceptors (Lipinski definition) is 4. The molecule has 0 bridgehead atoms. The highest BCUT2D eigenvalue weighted by Crippen LogP contribution is 2.36. The van der Waals surface area contributed by atoms with Gasteiger partial charge in [-0.15, -0.1) is 11.3 Å². The molecule has 0 aliphatic carbocycles. The van der Waals surface area contributed by atoms with Crippen molar-refractivity contribution < 1.29 is 0 Å². The maximum Gasteiger partial charge on any atom is 0.0802 e. The van der Waals surface area contributed by atoms with Gasteiger partial charge in [-0.1, -0.05) is 31.2 Å². The van der Waals surface area contributed by atoms with E-state index in [1.807, 2.05) is 23.1 Å². The summed E-state index contributed by atoms with van der Waals surface area (Å²) in [6, 6.07) is 11.2. The number of thioether (sulfide) groups is 1. The fourth-order valence-electron chi connectivity index (χ4n) is 2.65. The Balaban J connectivity index is 1.94. The predicted molar refractivity (Wildman–Crippen MR) is 89.2 cm³/mol. The van der Waals surface area contributed by atoms with Crippen LogP contribution in [0, 0.1) is 0 Å². The van der Waals surface area contributed by atoms with Gasteiger partial charge >= 0.3 is 0 Å². The van der Waals surface area contributed by atoms with Gasteiger partial charge in [0.05, 0.1) is 6.04 Å². The van der Waals surface area contributed by atoms with Gasteiger partial charge in [0.1, 0.15) is 0 Å². The van der Waals surface area contributed by atoms with E-state index in [1.165, 1.54) is 33.7 Å². The van der Waals surface area contributed by atoms with Crippen LogP contribution in [0.15, 0.2) is 30.3 Å². The van der Waals surface area contributed by atoms with Gasteiger partial charge in [0, 0.05) is 15.5 Å². The Morgan fingerprint density at radius 1 is 1.35 bits per heavy atom. The largest absolute Gasteiger partial charge is 0.271 e. The number of hydrogen-bond donors (Lipinski definition) is 2. The number of fused-ring (bicyclic) bond motifs is 1. The molecule has 1 unspecified atom stereocenters. The lowest BCUT2D eigenvalue weighted by molar-refractivity contribution is 0.645. The molecule has 20 heavy (non-hydrogen) atoms. The molecular weight excluding hydrogens is 284 g/mol. The van der Waals surface area contributed by atoms with Gasteiger partial charge in [-0.2, -0.15) is 11.8 Å². The van der Waals surface area contributed by atoms with Gasteiger partial charge in [0.25, 0.3) is 0 Å². The van der Waals surface area contributed by atoms with Crippen LogP contribution in [-0.2, 0) is 18.6 Å². The minimum Gasteiger partial charge on any atom is -0.271 e. The van der Waals surface area contributed by atoms with Gasteiger partial charge in [-0.3, -0.25) is 5.84 Å². The SMILES string of the molecule is CCc1cccc(C(NN)c2cc3c(s2)CCSC3)c1. The zero-order valence-electron chi connectivity index (χ0n) is 11.7. The lowest BCUT2D eigenvalue weighted by atomic mass is 10.0. The second-order valence-electron chi connectivity index (χ2n) is 5.10. The van der Waals surface area contributed by atoms with Crippen LogP contribution in [0.3, 0.4) is 0 Å². The van der Waals surface area contributed by atoms with Crippen LogP contribution >= 0.6 is 23.1 Å². The van der Waals surface area contributed by atoms with Gasteiger partial charge in [0.15, 0.2) is 0 Å². The first-order valence-corrected chi connectivity index (χ1v) is 9.03. The summed E-state index contributed by atoms with van der Waals surface area (Å²) in [5, 5.41) is 0. The molecule has 0 radical (unpaired) electrons. The average molecular weight is 304 g/mol. The van der Waals surface area contributed by atoms with Crippen LogP contribution in [0.25, 0.3) is 0 Å².